The van der Waals surface area contributed by atoms with Crippen LogP contribution < -0.4 is 4.90 Å². The molecule has 6 heteroatoms. The molecule has 1 atom stereocenters. The number of rotatable bonds is 3. The van der Waals surface area contributed by atoms with Gasteiger partial charge in [-0.2, -0.15) is 0 Å². The van der Waals surface area contributed by atoms with Gasteiger partial charge in [0, 0.05) is 37.6 Å². The summed E-state index contributed by atoms with van der Waals surface area (Å²) in [5, 5.41) is 0. The molecular formula is C21H29ClN2O3. The largest absolute Gasteiger partial charge is 0.444 e. The van der Waals surface area contributed by atoms with Gasteiger partial charge in [-0.3, -0.25) is 4.79 Å². The van der Waals surface area contributed by atoms with Gasteiger partial charge < -0.3 is 14.5 Å². The Morgan fingerprint density at radius 3 is 2.33 bits per heavy atom. The van der Waals surface area contributed by atoms with E-state index < -0.39 is 5.60 Å². The van der Waals surface area contributed by atoms with Crippen molar-refractivity contribution in [1.29, 1.82) is 0 Å². The molecule has 2 saturated heterocycles. The van der Waals surface area contributed by atoms with Gasteiger partial charge in [-0.15, -0.1) is 11.6 Å². The smallest absolute Gasteiger partial charge is 0.410 e. The van der Waals surface area contributed by atoms with Crippen molar-refractivity contribution in [1.82, 2.24) is 4.90 Å². The zero-order valence-corrected chi connectivity index (χ0v) is 17.2. The van der Waals surface area contributed by atoms with Gasteiger partial charge in [0.2, 0.25) is 5.91 Å². The van der Waals surface area contributed by atoms with Gasteiger partial charge >= 0.3 is 6.09 Å². The minimum atomic E-state index is -0.459. The zero-order valence-electron chi connectivity index (χ0n) is 16.4. The third-order valence-corrected chi connectivity index (χ3v) is 5.68. The molecule has 2 aliphatic heterocycles. The number of ether oxygens (including phenoxy) is 1. The molecule has 2 aliphatic rings. The van der Waals surface area contributed by atoms with Crippen LogP contribution in [0.25, 0.3) is 0 Å². The summed E-state index contributed by atoms with van der Waals surface area (Å²) in [5.74, 6) is 1.36. The Balaban J connectivity index is 1.56. The molecule has 0 aliphatic carbocycles. The molecular weight excluding hydrogens is 364 g/mol. The van der Waals surface area contributed by atoms with Crippen molar-refractivity contribution < 1.29 is 14.3 Å². The first kappa shape index (κ1) is 20.0. The molecule has 2 fully saturated rings. The molecule has 1 aromatic rings. The normalized spacial score (nSPS) is 21.6. The van der Waals surface area contributed by atoms with Gasteiger partial charge in [-0.1, -0.05) is 12.1 Å². The van der Waals surface area contributed by atoms with E-state index in [4.69, 9.17) is 16.3 Å². The van der Waals surface area contributed by atoms with Crippen LogP contribution >= 0.6 is 11.6 Å². The van der Waals surface area contributed by atoms with E-state index >= 15 is 0 Å². The van der Waals surface area contributed by atoms with Gasteiger partial charge in [-0.05, 0) is 63.1 Å². The van der Waals surface area contributed by atoms with E-state index in [1.807, 2.05) is 37.8 Å². The fourth-order valence-electron chi connectivity index (χ4n) is 3.78. The Kier molecular flexibility index (Phi) is 5.99. The van der Waals surface area contributed by atoms with Crippen LogP contribution in [-0.4, -0.2) is 48.0 Å². The first-order chi connectivity index (χ1) is 12.8. The Morgan fingerprint density at radius 1 is 1.19 bits per heavy atom. The maximum atomic E-state index is 12.2. The summed E-state index contributed by atoms with van der Waals surface area (Å²) in [5.41, 5.74) is 1.75. The SMILES string of the molecule is CC(C)(C)OC(=O)N1CCC(c2ccc(N3CC(CCl)CC3=O)cc2)CC1. The second-order valence-corrected chi connectivity index (χ2v) is 8.87. The number of carbonyl (C=O) groups excluding carboxylic acids is 2. The number of halogens is 1. The molecule has 1 unspecified atom stereocenters. The molecule has 0 aromatic heterocycles. The monoisotopic (exact) mass is 392 g/mol. The van der Waals surface area contributed by atoms with Crippen LogP contribution in [0.4, 0.5) is 10.5 Å². The van der Waals surface area contributed by atoms with E-state index in [2.05, 4.69) is 12.1 Å². The van der Waals surface area contributed by atoms with Crippen LogP contribution in [0.2, 0.25) is 0 Å². The van der Waals surface area contributed by atoms with E-state index in [9.17, 15) is 9.59 Å². The van der Waals surface area contributed by atoms with E-state index in [1.54, 1.807) is 4.90 Å². The highest BCUT2D eigenvalue weighted by Gasteiger charge is 2.30. The molecule has 148 valence electrons. The fraction of sp³-hybridized carbons (Fsp3) is 0.619. The second-order valence-electron chi connectivity index (χ2n) is 8.56. The number of hydrogen-bond acceptors (Lipinski definition) is 3. The third-order valence-electron chi connectivity index (χ3n) is 5.25. The average Bonchev–Trinajstić information content (AvgIpc) is 3.01. The first-order valence-corrected chi connectivity index (χ1v) is 10.2. The van der Waals surface area contributed by atoms with Crippen LogP contribution in [0.5, 0.6) is 0 Å². The van der Waals surface area contributed by atoms with Gasteiger partial charge in [0.1, 0.15) is 5.60 Å². The number of amides is 2. The van der Waals surface area contributed by atoms with E-state index in [0.717, 1.165) is 18.5 Å². The molecule has 1 aromatic carbocycles. The highest BCUT2D eigenvalue weighted by Crippen LogP contribution is 2.31. The van der Waals surface area contributed by atoms with Crippen LogP contribution in [0.15, 0.2) is 24.3 Å². The quantitative estimate of drug-likeness (QED) is 0.716. The lowest BCUT2D eigenvalue weighted by atomic mass is 9.89. The van der Waals surface area contributed by atoms with Crippen LogP contribution in [0, 0.1) is 5.92 Å². The highest BCUT2D eigenvalue weighted by molar-refractivity contribution is 6.18. The molecule has 0 bridgehead atoms. The summed E-state index contributed by atoms with van der Waals surface area (Å²) in [6.45, 7) is 7.79. The number of alkyl halides is 1. The predicted octanol–water partition coefficient (Wildman–Crippen LogP) is 4.39. The number of likely N-dealkylation sites (tertiary alicyclic amines) is 1. The number of carbonyl (C=O) groups is 2. The Morgan fingerprint density at radius 2 is 1.81 bits per heavy atom. The van der Waals surface area contributed by atoms with Crippen LogP contribution in [-0.2, 0) is 9.53 Å². The van der Waals surface area contributed by atoms with Crippen LogP contribution in [0.1, 0.15) is 51.5 Å². The summed E-state index contributed by atoms with van der Waals surface area (Å²) in [7, 11) is 0. The lowest BCUT2D eigenvalue weighted by Gasteiger charge is -2.33. The second kappa shape index (κ2) is 8.09. The molecule has 0 saturated carbocycles. The number of nitrogens with zero attached hydrogens (tertiary/aromatic N) is 2. The minimum Gasteiger partial charge on any atom is -0.444 e. The van der Waals surface area contributed by atoms with Crippen molar-refractivity contribution in [3.05, 3.63) is 29.8 Å². The van der Waals surface area contributed by atoms with E-state index in [1.165, 1.54) is 5.56 Å². The van der Waals surface area contributed by atoms with Crippen molar-refractivity contribution in [3.8, 4) is 0 Å². The van der Waals surface area contributed by atoms with Crippen molar-refractivity contribution in [3.63, 3.8) is 0 Å². The average molecular weight is 393 g/mol. The summed E-state index contributed by atoms with van der Waals surface area (Å²) < 4.78 is 5.46. The molecule has 2 amide bonds. The molecule has 3 rings (SSSR count). The molecule has 2 heterocycles. The number of benzene rings is 1. The molecule has 0 N–H and O–H groups in total. The van der Waals surface area contributed by atoms with Crippen LogP contribution in [0.3, 0.4) is 0 Å². The molecule has 0 spiro atoms. The third kappa shape index (κ3) is 4.95. The lowest BCUT2D eigenvalue weighted by Crippen LogP contribution is -2.41. The van der Waals surface area contributed by atoms with Crippen molar-refractivity contribution in [2.45, 2.75) is 51.6 Å². The fourth-order valence-corrected chi connectivity index (χ4v) is 3.99. The number of hydrogen-bond donors (Lipinski definition) is 0. The zero-order chi connectivity index (χ0) is 19.6. The summed E-state index contributed by atoms with van der Waals surface area (Å²) in [6.07, 6.45) is 2.16. The maximum absolute atomic E-state index is 12.2. The standard InChI is InChI=1S/C21H29ClN2O3/c1-21(2,3)27-20(26)23-10-8-17(9-11-23)16-4-6-18(7-5-16)24-14-15(13-22)12-19(24)25/h4-7,15,17H,8-14H2,1-3H3. The number of piperidine rings is 1. The first-order valence-electron chi connectivity index (χ1n) is 9.71. The topological polar surface area (TPSA) is 49.9 Å². The lowest BCUT2D eigenvalue weighted by molar-refractivity contribution is -0.117. The molecule has 5 nitrogen and oxygen atoms in total. The van der Waals surface area contributed by atoms with Gasteiger partial charge in [0.25, 0.3) is 0 Å². The van der Waals surface area contributed by atoms with E-state index in [-0.39, 0.29) is 17.9 Å². The predicted molar refractivity (Wildman–Crippen MR) is 107 cm³/mol. The Labute approximate surface area is 166 Å². The minimum absolute atomic E-state index is 0.152. The van der Waals surface area contributed by atoms with Gasteiger partial charge in [-0.25, -0.2) is 4.79 Å². The Hall–Kier alpha value is -1.75. The maximum Gasteiger partial charge on any atom is 0.410 e. The van der Waals surface area contributed by atoms with Crippen molar-refractivity contribution in [2.75, 3.05) is 30.4 Å². The highest BCUT2D eigenvalue weighted by atomic mass is 35.5. The van der Waals surface area contributed by atoms with E-state index in [0.29, 0.717) is 37.9 Å². The van der Waals surface area contributed by atoms with Crippen molar-refractivity contribution >= 4 is 29.3 Å². The van der Waals surface area contributed by atoms with Gasteiger partial charge in [0.05, 0.1) is 0 Å². The summed E-state index contributed by atoms with van der Waals surface area (Å²) in [6, 6.07) is 8.29. The Bertz CT molecular complexity index is 676. The number of anilines is 1. The summed E-state index contributed by atoms with van der Waals surface area (Å²) in [4.78, 5) is 28.0. The summed E-state index contributed by atoms with van der Waals surface area (Å²) >= 11 is 5.91. The van der Waals surface area contributed by atoms with Crippen molar-refractivity contribution in [2.24, 2.45) is 5.92 Å². The molecule has 27 heavy (non-hydrogen) atoms. The molecule has 0 radical (unpaired) electrons. The van der Waals surface area contributed by atoms with Gasteiger partial charge in [0.15, 0.2) is 0 Å².